The maximum absolute atomic E-state index is 11.0. The summed E-state index contributed by atoms with van der Waals surface area (Å²) in [5, 5.41) is 3.26. The van der Waals surface area contributed by atoms with Gasteiger partial charge in [0.2, 0.25) is 0 Å². The second-order valence-electron chi connectivity index (χ2n) is 0.803. The maximum Gasteiger partial charge on any atom is 1.00 e. The minimum atomic E-state index is -4.11. The molecule has 6 heteroatoms. The molecule has 0 saturated heterocycles. The first-order valence-electron chi connectivity index (χ1n) is 1.24. The van der Waals surface area contributed by atoms with E-state index in [2.05, 4.69) is 11.6 Å². The third kappa shape index (κ3) is 4.77. The van der Waals surface area contributed by atoms with Crippen molar-refractivity contribution in [1.29, 1.82) is 0 Å². The van der Waals surface area contributed by atoms with Gasteiger partial charge in [0.1, 0.15) is 0 Å². The van der Waals surface area contributed by atoms with Crippen LogP contribution in [0.5, 0.6) is 0 Å². The summed E-state index contributed by atoms with van der Waals surface area (Å²) in [6.45, 7) is 0. The number of aliphatic carboxylic acids is 1. The Morgan fingerprint density at radius 2 is 1.88 bits per heavy atom. The van der Waals surface area contributed by atoms with Crippen LogP contribution >= 0.6 is 11.6 Å². The molecule has 0 spiro atoms. The molecule has 0 bridgehead atoms. The molecule has 0 radical (unpaired) electrons. The number of hydrogen-bond donors (Lipinski definition) is 1. The van der Waals surface area contributed by atoms with Crippen molar-refractivity contribution in [2.75, 3.05) is 0 Å². The molecule has 0 aromatic rings. The van der Waals surface area contributed by atoms with Crippen LogP contribution in [0.15, 0.2) is 0 Å². The minimum absolute atomic E-state index is 0. The number of alkyl halides is 3. The van der Waals surface area contributed by atoms with Crippen LogP contribution in [-0.4, -0.2) is 16.5 Å². The van der Waals surface area contributed by atoms with Crippen LogP contribution in [0.25, 0.3) is 0 Å². The van der Waals surface area contributed by atoms with E-state index >= 15 is 0 Å². The maximum atomic E-state index is 11.0. The third-order valence-corrected chi connectivity index (χ3v) is 0.404. The molecule has 8 heavy (non-hydrogen) atoms. The van der Waals surface area contributed by atoms with Gasteiger partial charge in [0.05, 0.1) is 0 Å². The van der Waals surface area contributed by atoms with E-state index in [4.69, 9.17) is 9.90 Å². The van der Waals surface area contributed by atoms with Gasteiger partial charge in [0.15, 0.2) is 0 Å². The van der Waals surface area contributed by atoms with Gasteiger partial charge in [0, 0.05) is 0 Å². The molecule has 2 nitrogen and oxygen atoms in total. The molecule has 0 aliphatic rings. The predicted molar refractivity (Wildman–Crippen MR) is 19.5 cm³/mol. The molecule has 44 valence electrons. The third-order valence-electron chi connectivity index (χ3n) is 0.243. The van der Waals surface area contributed by atoms with Crippen molar-refractivity contribution in [3.8, 4) is 0 Å². The first-order valence-corrected chi connectivity index (χ1v) is 1.62. The molecule has 0 atom stereocenters. The quantitative estimate of drug-likeness (QED) is 0.351. The van der Waals surface area contributed by atoms with E-state index in [1.165, 1.54) is 0 Å². The monoisotopic (exact) mass is 154 g/mol. The van der Waals surface area contributed by atoms with Crippen LogP contribution in [0.1, 0.15) is 1.43 Å². The van der Waals surface area contributed by atoms with Gasteiger partial charge in [-0.15, -0.1) is 0 Å². The Hall–Kier alpha value is 0.620. The van der Waals surface area contributed by atoms with Crippen molar-refractivity contribution in [3.63, 3.8) is 0 Å². The minimum Gasteiger partial charge on any atom is -1.00 e. The molecule has 0 amide bonds. The van der Waals surface area contributed by atoms with Gasteiger partial charge in [-0.3, -0.25) is 0 Å². The van der Waals surface area contributed by atoms with Gasteiger partial charge in [-0.1, -0.05) is 0 Å². The topological polar surface area (TPSA) is 37.3 Å². The summed E-state index contributed by atoms with van der Waals surface area (Å²) in [6, 6.07) is 0. The van der Waals surface area contributed by atoms with Gasteiger partial charge >= 0.3 is 40.9 Å². The number of hydrogen-bond acceptors (Lipinski definition) is 1. The zero-order valence-corrected chi connectivity index (χ0v) is 6.75. The fourth-order valence-electron chi connectivity index (χ4n) is 0. The number of carboxylic acids is 1. The molecule has 0 aliphatic heterocycles. The SMILES string of the molecule is O=C(O)C(F)(F)Cl.[H-].[Na+]. The summed E-state index contributed by atoms with van der Waals surface area (Å²) in [4.78, 5) is 9.14. The van der Waals surface area contributed by atoms with E-state index in [9.17, 15) is 8.78 Å². The van der Waals surface area contributed by atoms with E-state index in [-0.39, 0.29) is 31.0 Å². The zero-order valence-electron chi connectivity index (χ0n) is 4.99. The van der Waals surface area contributed by atoms with E-state index < -0.39 is 11.4 Å². The van der Waals surface area contributed by atoms with Crippen LogP contribution in [0.4, 0.5) is 8.78 Å². The second-order valence-corrected chi connectivity index (χ2v) is 1.28. The van der Waals surface area contributed by atoms with Crippen molar-refractivity contribution in [2.24, 2.45) is 0 Å². The molecular weight excluding hydrogens is 152 g/mol. The molecule has 0 saturated carbocycles. The molecule has 0 fully saturated rings. The largest absolute Gasteiger partial charge is 1.00 e. The van der Waals surface area contributed by atoms with Gasteiger partial charge in [-0.2, -0.15) is 8.78 Å². The van der Waals surface area contributed by atoms with Crippen molar-refractivity contribution in [2.45, 2.75) is 5.38 Å². The summed E-state index contributed by atoms with van der Waals surface area (Å²) >= 11 is 3.94. The summed E-state index contributed by atoms with van der Waals surface area (Å²) in [5.74, 6) is -2.32. The van der Waals surface area contributed by atoms with Gasteiger partial charge < -0.3 is 6.53 Å². The molecule has 0 aliphatic carbocycles. The van der Waals surface area contributed by atoms with Crippen LogP contribution in [-0.2, 0) is 4.79 Å². The number of carbonyl (C=O) groups is 1. The van der Waals surface area contributed by atoms with E-state index in [1.807, 2.05) is 0 Å². The van der Waals surface area contributed by atoms with Crippen LogP contribution in [0.3, 0.4) is 0 Å². The van der Waals surface area contributed by atoms with Crippen molar-refractivity contribution in [3.05, 3.63) is 0 Å². The Bertz CT molecular complexity index is 95.1. The Morgan fingerprint density at radius 3 is 1.88 bits per heavy atom. The first-order chi connectivity index (χ1) is 2.94. The number of halogens is 3. The molecule has 0 aromatic heterocycles. The Morgan fingerprint density at radius 1 is 1.75 bits per heavy atom. The zero-order chi connectivity index (χ0) is 6.08. The molecule has 0 rings (SSSR count). The van der Waals surface area contributed by atoms with E-state index in [0.717, 1.165) is 0 Å². The molecule has 1 N–H and O–H groups in total. The van der Waals surface area contributed by atoms with Crippen molar-refractivity contribution in [1.82, 2.24) is 0 Å². The summed E-state index contributed by atoms with van der Waals surface area (Å²) in [7, 11) is 0. The average Bonchev–Trinajstić information content (AvgIpc) is 1.31. The van der Waals surface area contributed by atoms with Gasteiger partial charge in [-0.05, 0) is 11.6 Å². The molecule has 0 aromatic carbocycles. The molecule has 0 unspecified atom stereocenters. The molecule has 0 heterocycles. The average molecular weight is 154 g/mol. The smallest absolute Gasteiger partial charge is 1.00 e. The van der Waals surface area contributed by atoms with Gasteiger partial charge in [-0.25, -0.2) is 4.79 Å². The summed E-state index contributed by atoms with van der Waals surface area (Å²) in [5.41, 5.74) is 0. The van der Waals surface area contributed by atoms with Crippen LogP contribution < -0.4 is 29.6 Å². The standard InChI is InChI=1S/C2HClF2O2.Na.H/c3-2(4,5)1(6)7;;/h(H,6,7);;/q;+1;-1. The predicted octanol–water partition coefficient (Wildman–Crippen LogP) is -1.98. The van der Waals surface area contributed by atoms with E-state index in [1.54, 1.807) is 0 Å². The normalized spacial score (nSPS) is 9.88. The summed E-state index contributed by atoms with van der Waals surface area (Å²) in [6.07, 6.45) is 0. The molecular formula is C2H2ClF2NaO2. The first kappa shape index (κ1) is 11.4. The van der Waals surface area contributed by atoms with Gasteiger partial charge in [0.25, 0.3) is 0 Å². The van der Waals surface area contributed by atoms with Crippen molar-refractivity contribution < 1.29 is 49.7 Å². The Balaban J connectivity index is -0.000000180. The Kier molecular flexibility index (Phi) is 5.15. The number of rotatable bonds is 1. The van der Waals surface area contributed by atoms with Crippen molar-refractivity contribution >= 4 is 17.6 Å². The van der Waals surface area contributed by atoms with Crippen LogP contribution in [0, 0.1) is 0 Å². The Labute approximate surface area is 72.6 Å². The summed E-state index contributed by atoms with van der Waals surface area (Å²) < 4.78 is 22.0. The number of carboxylic acid groups (broad SMARTS) is 1. The fraction of sp³-hybridized carbons (Fsp3) is 0.500. The van der Waals surface area contributed by atoms with E-state index in [0.29, 0.717) is 0 Å². The van der Waals surface area contributed by atoms with Crippen LogP contribution in [0.2, 0.25) is 0 Å². The fourth-order valence-corrected chi connectivity index (χ4v) is 0. The second kappa shape index (κ2) is 3.61.